The van der Waals surface area contributed by atoms with Crippen molar-refractivity contribution in [2.75, 3.05) is 0 Å². The second-order valence-electron chi connectivity index (χ2n) is 5.13. The van der Waals surface area contributed by atoms with Crippen molar-refractivity contribution in [2.24, 2.45) is 0 Å². The summed E-state index contributed by atoms with van der Waals surface area (Å²) in [5.74, 6) is -1.24. The van der Waals surface area contributed by atoms with Crippen molar-refractivity contribution < 1.29 is 32.0 Å². The van der Waals surface area contributed by atoms with Gasteiger partial charge < -0.3 is 4.74 Å². The monoisotopic (exact) mass is 447 g/mol. The number of hydrogen-bond acceptors (Lipinski definition) is 4. The largest absolute Gasteiger partial charge is 0.461 e. The summed E-state index contributed by atoms with van der Waals surface area (Å²) in [5, 5.41) is 11.0. The Bertz CT molecular complexity index is 902. The van der Waals surface area contributed by atoms with E-state index in [1.165, 1.54) is 30.3 Å². The summed E-state index contributed by atoms with van der Waals surface area (Å²) in [5.41, 5.74) is -0.399. The quantitative estimate of drug-likeness (QED) is 0.185. The second-order valence-corrected chi connectivity index (χ2v) is 5.98. The topological polar surface area (TPSA) is 69.4 Å². The van der Waals surface area contributed by atoms with Crippen LogP contribution < -0.4 is 4.74 Å². The third-order valence-corrected chi connectivity index (χ3v) is 3.89. The molecule has 0 saturated heterocycles. The lowest BCUT2D eigenvalue weighted by Gasteiger charge is -2.16. The first-order chi connectivity index (χ1) is 12.6. The summed E-state index contributed by atoms with van der Waals surface area (Å²) < 4.78 is 54.5. The van der Waals surface area contributed by atoms with Crippen molar-refractivity contribution in [3.05, 3.63) is 74.3 Å². The minimum absolute atomic E-state index is 0.185. The van der Waals surface area contributed by atoms with E-state index in [9.17, 15) is 32.5 Å². The molecule has 0 unspecified atom stereocenters. The molecule has 142 valence electrons. The lowest BCUT2D eigenvalue weighted by atomic mass is 10.1. The van der Waals surface area contributed by atoms with Gasteiger partial charge in [-0.3, -0.25) is 14.9 Å². The van der Waals surface area contributed by atoms with Crippen LogP contribution in [-0.2, 0) is 0 Å². The van der Waals surface area contributed by atoms with Crippen LogP contribution in [0.5, 0.6) is 5.75 Å². The third-order valence-electron chi connectivity index (χ3n) is 3.23. The maximum Gasteiger partial charge on any atom is 0.461 e. The van der Waals surface area contributed by atoms with Crippen LogP contribution in [0.15, 0.2) is 53.0 Å². The highest BCUT2D eigenvalue weighted by atomic mass is 79.9. The van der Waals surface area contributed by atoms with Crippen molar-refractivity contribution >= 4 is 33.5 Å². The predicted molar refractivity (Wildman–Crippen MR) is 92.2 cm³/mol. The summed E-state index contributed by atoms with van der Waals surface area (Å²) in [4.78, 5) is 22.6. The lowest BCUT2D eigenvalue weighted by molar-refractivity contribution is -0.385. The number of ether oxygens (including phenoxy) is 1. The summed E-state index contributed by atoms with van der Waals surface area (Å²) in [6, 6.07) is 8.75. The zero-order valence-electron chi connectivity index (χ0n) is 13.2. The Hall–Kier alpha value is -2.75. The minimum Gasteiger partial charge on any atom is -0.428 e. The van der Waals surface area contributed by atoms with Crippen molar-refractivity contribution in [3.63, 3.8) is 0 Å². The Kier molecular flexibility index (Phi) is 6.32. The highest BCUT2D eigenvalue weighted by molar-refractivity contribution is 9.10. The van der Waals surface area contributed by atoms with E-state index in [-0.39, 0.29) is 15.6 Å². The van der Waals surface area contributed by atoms with E-state index in [0.717, 1.165) is 24.3 Å². The number of carbonyl (C=O) groups excluding carboxylic acids is 1. The average Bonchev–Trinajstić information content (AvgIpc) is 2.59. The van der Waals surface area contributed by atoms with Crippen LogP contribution in [0, 0.1) is 10.1 Å². The molecule has 0 spiro atoms. The fourth-order valence-electron chi connectivity index (χ4n) is 2.05. The van der Waals surface area contributed by atoms with Gasteiger partial charge in [-0.2, -0.15) is 17.6 Å². The average molecular weight is 448 g/mol. The van der Waals surface area contributed by atoms with Crippen molar-refractivity contribution in [1.29, 1.82) is 0 Å². The number of allylic oxidation sites excluding steroid dienone is 1. The Balaban J connectivity index is 2.26. The van der Waals surface area contributed by atoms with Gasteiger partial charge in [-0.1, -0.05) is 24.3 Å². The van der Waals surface area contributed by atoms with Crippen LogP contribution in [0.2, 0.25) is 0 Å². The number of halogens is 5. The SMILES string of the molecule is O=C(/C=C/c1cccc(OC(F)(F)C(F)F)c1)c1c(Br)cccc1[N+](=O)[O-]. The van der Waals surface area contributed by atoms with Gasteiger partial charge in [0.1, 0.15) is 11.3 Å². The van der Waals surface area contributed by atoms with Crippen LogP contribution in [0.3, 0.4) is 0 Å². The maximum atomic E-state index is 13.0. The fraction of sp³-hybridized carbons (Fsp3) is 0.118. The normalized spacial score (nSPS) is 11.8. The second kappa shape index (κ2) is 8.30. The molecule has 0 amide bonds. The molecule has 0 aliphatic heterocycles. The van der Waals surface area contributed by atoms with Gasteiger partial charge in [0.2, 0.25) is 0 Å². The molecule has 0 fully saturated rings. The Morgan fingerprint density at radius 1 is 1.22 bits per heavy atom. The van der Waals surface area contributed by atoms with E-state index in [0.29, 0.717) is 0 Å². The summed E-state index contributed by atoms with van der Waals surface area (Å²) >= 11 is 3.07. The molecule has 2 rings (SSSR count). The Morgan fingerprint density at radius 2 is 1.89 bits per heavy atom. The molecule has 5 nitrogen and oxygen atoms in total. The number of alkyl halides is 4. The zero-order valence-corrected chi connectivity index (χ0v) is 14.8. The molecule has 2 aromatic rings. The summed E-state index contributed by atoms with van der Waals surface area (Å²) in [6.45, 7) is 0. The van der Waals surface area contributed by atoms with Gasteiger partial charge in [0, 0.05) is 10.5 Å². The maximum absolute atomic E-state index is 13.0. The molecule has 0 saturated carbocycles. The molecular weight excluding hydrogens is 438 g/mol. The highest BCUT2D eigenvalue weighted by Crippen LogP contribution is 2.29. The molecule has 0 aliphatic carbocycles. The van der Waals surface area contributed by atoms with Gasteiger partial charge in [0.25, 0.3) is 5.69 Å². The molecule has 2 aromatic carbocycles. The first-order valence-electron chi connectivity index (χ1n) is 7.22. The highest BCUT2D eigenvalue weighted by Gasteiger charge is 2.43. The molecule has 0 heterocycles. The number of nitro benzene ring substituents is 1. The number of nitro groups is 1. The molecule has 0 aliphatic rings. The van der Waals surface area contributed by atoms with Gasteiger partial charge >= 0.3 is 12.5 Å². The third kappa shape index (κ3) is 5.13. The predicted octanol–water partition coefficient (Wildman–Crippen LogP) is 5.49. The minimum atomic E-state index is -4.66. The smallest absolute Gasteiger partial charge is 0.428 e. The molecule has 27 heavy (non-hydrogen) atoms. The number of rotatable bonds is 7. The van der Waals surface area contributed by atoms with E-state index in [2.05, 4.69) is 20.7 Å². The van der Waals surface area contributed by atoms with E-state index in [1.54, 1.807) is 0 Å². The fourth-order valence-corrected chi connectivity index (χ4v) is 2.60. The van der Waals surface area contributed by atoms with E-state index >= 15 is 0 Å². The van der Waals surface area contributed by atoms with Gasteiger partial charge in [-0.25, -0.2) is 0 Å². The number of hydrogen-bond donors (Lipinski definition) is 0. The molecule has 10 heteroatoms. The summed E-state index contributed by atoms with van der Waals surface area (Å²) in [7, 11) is 0. The standard InChI is InChI=1S/C17H10BrF4NO4/c18-12-5-2-6-13(23(25)26)15(12)14(24)8-7-10-3-1-4-11(9-10)27-17(21,22)16(19)20/h1-9,16H/b8-7+. The van der Waals surface area contributed by atoms with Gasteiger partial charge in [-0.05, 0) is 45.8 Å². The molecule has 0 atom stereocenters. The van der Waals surface area contributed by atoms with Crippen LogP contribution in [0.1, 0.15) is 15.9 Å². The number of benzene rings is 2. The Labute approximate surface area is 158 Å². The molecule has 0 bridgehead atoms. The molecule has 0 aromatic heterocycles. The van der Waals surface area contributed by atoms with Crippen LogP contribution in [0.4, 0.5) is 23.2 Å². The Morgan fingerprint density at radius 3 is 2.52 bits per heavy atom. The van der Waals surface area contributed by atoms with Crippen molar-refractivity contribution in [3.8, 4) is 5.75 Å². The first kappa shape index (κ1) is 20.6. The van der Waals surface area contributed by atoms with Crippen LogP contribution in [-0.4, -0.2) is 23.2 Å². The van der Waals surface area contributed by atoms with Crippen molar-refractivity contribution in [2.45, 2.75) is 12.5 Å². The van der Waals surface area contributed by atoms with Crippen LogP contribution >= 0.6 is 15.9 Å². The summed E-state index contributed by atoms with van der Waals surface area (Å²) in [6.07, 6.45) is -6.47. The number of ketones is 1. The number of nitrogens with zero attached hydrogens (tertiary/aromatic N) is 1. The zero-order chi connectivity index (χ0) is 20.2. The van der Waals surface area contributed by atoms with Gasteiger partial charge in [0.05, 0.1) is 4.92 Å². The van der Waals surface area contributed by atoms with Gasteiger partial charge in [0.15, 0.2) is 5.78 Å². The number of carbonyl (C=O) groups is 1. The first-order valence-corrected chi connectivity index (χ1v) is 8.01. The lowest BCUT2D eigenvalue weighted by Crippen LogP contribution is -2.33. The van der Waals surface area contributed by atoms with E-state index in [1.807, 2.05) is 0 Å². The van der Waals surface area contributed by atoms with Crippen LogP contribution in [0.25, 0.3) is 6.08 Å². The molecular formula is C17H10BrF4NO4. The van der Waals surface area contributed by atoms with Gasteiger partial charge in [-0.15, -0.1) is 0 Å². The van der Waals surface area contributed by atoms with E-state index < -0.39 is 34.7 Å². The molecule has 0 radical (unpaired) electrons. The molecule has 0 N–H and O–H groups in total. The van der Waals surface area contributed by atoms with Crippen molar-refractivity contribution in [1.82, 2.24) is 0 Å². The van der Waals surface area contributed by atoms with E-state index in [4.69, 9.17) is 0 Å².